The topological polar surface area (TPSA) is 57.7 Å². The first-order chi connectivity index (χ1) is 16.2. The number of aromatic nitrogens is 1. The summed E-state index contributed by atoms with van der Waals surface area (Å²) in [6.07, 6.45) is 8.64. The smallest absolute Gasteiger partial charge is 0.226 e. The normalized spacial score (nSPS) is 17.8. The van der Waals surface area contributed by atoms with E-state index in [1.165, 1.54) is 25.7 Å². The van der Waals surface area contributed by atoms with Gasteiger partial charge in [0.1, 0.15) is 12.4 Å². The second-order valence-electron chi connectivity index (χ2n) is 9.52. The van der Waals surface area contributed by atoms with Crippen molar-refractivity contribution >= 4 is 5.91 Å². The molecule has 6 nitrogen and oxygen atoms in total. The van der Waals surface area contributed by atoms with Gasteiger partial charge >= 0.3 is 0 Å². The van der Waals surface area contributed by atoms with Crippen molar-refractivity contribution in [1.82, 2.24) is 20.1 Å². The van der Waals surface area contributed by atoms with Gasteiger partial charge in [0, 0.05) is 56.7 Å². The number of piperazine rings is 1. The molecule has 1 N–H and O–H groups in total. The van der Waals surface area contributed by atoms with Crippen LogP contribution in [0.25, 0.3) is 11.1 Å². The lowest BCUT2D eigenvalue weighted by Gasteiger charge is -2.32. The molecule has 1 aliphatic heterocycles. The quantitative estimate of drug-likeness (QED) is 0.599. The summed E-state index contributed by atoms with van der Waals surface area (Å²) in [4.78, 5) is 21.5. The van der Waals surface area contributed by atoms with Gasteiger partial charge in [-0.1, -0.05) is 43.9 Å². The zero-order chi connectivity index (χ0) is 22.9. The Labute approximate surface area is 198 Å². The van der Waals surface area contributed by atoms with Crippen LogP contribution in [0.1, 0.15) is 37.8 Å². The van der Waals surface area contributed by atoms with Crippen molar-refractivity contribution in [1.29, 1.82) is 0 Å². The molecule has 2 heterocycles. The summed E-state index contributed by atoms with van der Waals surface area (Å²) in [5.41, 5.74) is 2.95. The molecule has 4 rings (SSSR count). The number of pyridine rings is 1. The third kappa shape index (κ3) is 7.54. The summed E-state index contributed by atoms with van der Waals surface area (Å²) in [7, 11) is 2.17. The van der Waals surface area contributed by atoms with Crippen molar-refractivity contribution in [2.45, 2.75) is 38.5 Å². The molecule has 2 aromatic rings. The predicted octanol–water partition coefficient (Wildman–Crippen LogP) is 3.61. The summed E-state index contributed by atoms with van der Waals surface area (Å²) in [5, 5.41) is 3.05. The Morgan fingerprint density at radius 2 is 1.76 bits per heavy atom. The van der Waals surface area contributed by atoms with E-state index >= 15 is 0 Å². The van der Waals surface area contributed by atoms with E-state index in [0.29, 0.717) is 13.0 Å². The van der Waals surface area contributed by atoms with E-state index in [9.17, 15) is 4.79 Å². The maximum Gasteiger partial charge on any atom is 0.226 e. The highest BCUT2D eigenvalue weighted by atomic mass is 16.5. The Morgan fingerprint density at radius 3 is 2.45 bits per heavy atom. The number of nitrogens with one attached hydrogen (secondary N) is 1. The van der Waals surface area contributed by atoms with E-state index in [-0.39, 0.29) is 5.91 Å². The summed E-state index contributed by atoms with van der Waals surface area (Å²) >= 11 is 0. The molecular formula is C27H38N4O2. The van der Waals surface area contributed by atoms with Gasteiger partial charge in [0.25, 0.3) is 0 Å². The van der Waals surface area contributed by atoms with Crippen LogP contribution in [-0.2, 0) is 11.2 Å². The molecule has 0 unspecified atom stereocenters. The summed E-state index contributed by atoms with van der Waals surface area (Å²) < 4.78 is 5.94. The zero-order valence-electron chi connectivity index (χ0n) is 20.0. The van der Waals surface area contributed by atoms with Gasteiger partial charge in [0.05, 0.1) is 6.42 Å². The van der Waals surface area contributed by atoms with E-state index in [2.05, 4.69) is 39.3 Å². The molecule has 1 saturated heterocycles. The van der Waals surface area contributed by atoms with Gasteiger partial charge in [0.2, 0.25) is 5.91 Å². The fourth-order valence-corrected chi connectivity index (χ4v) is 4.75. The van der Waals surface area contributed by atoms with E-state index in [4.69, 9.17) is 4.74 Å². The molecule has 178 valence electrons. The molecule has 0 atom stereocenters. The first-order valence-electron chi connectivity index (χ1n) is 12.5. The first-order valence-corrected chi connectivity index (χ1v) is 12.5. The third-order valence-electron chi connectivity index (χ3n) is 6.98. The van der Waals surface area contributed by atoms with Crippen LogP contribution in [0.15, 0.2) is 42.6 Å². The van der Waals surface area contributed by atoms with E-state index in [1.807, 2.05) is 30.5 Å². The lowest BCUT2D eigenvalue weighted by Crippen LogP contribution is -2.45. The predicted molar refractivity (Wildman–Crippen MR) is 132 cm³/mol. The Balaban J connectivity index is 1.18. The Morgan fingerprint density at radius 1 is 1.03 bits per heavy atom. The van der Waals surface area contributed by atoms with Crippen LogP contribution in [0.3, 0.4) is 0 Å². The van der Waals surface area contributed by atoms with Crippen molar-refractivity contribution in [3.63, 3.8) is 0 Å². The number of amides is 1. The molecular weight excluding hydrogens is 412 g/mol. The van der Waals surface area contributed by atoms with Gasteiger partial charge < -0.3 is 15.0 Å². The van der Waals surface area contributed by atoms with Crippen molar-refractivity contribution < 1.29 is 9.53 Å². The molecule has 1 aliphatic carbocycles. The van der Waals surface area contributed by atoms with Gasteiger partial charge in [-0.25, -0.2) is 0 Å². The summed E-state index contributed by atoms with van der Waals surface area (Å²) in [6.45, 7) is 6.95. The summed E-state index contributed by atoms with van der Waals surface area (Å²) in [6, 6.07) is 12.2. The number of nitrogens with zero attached hydrogens (tertiary/aromatic N) is 3. The number of benzene rings is 1. The lowest BCUT2D eigenvalue weighted by molar-refractivity contribution is -0.120. The summed E-state index contributed by atoms with van der Waals surface area (Å²) in [5.74, 6) is 1.76. The largest absolute Gasteiger partial charge is 0.492 e. The molecule has 6 heteroatoms. The Hall–Kier alpha value is -2.44. The van der Waals surface area contributed by atoms with Crippen molar-refractivity contribution in [3.05, 3.63) is 48.3 Å². The van der Waals surface area contributed by atoms with Crippen LogP contribution in [0.4, 0.5) is 0 Å². The van der Waals surface area contributed by atoms with Crippen LogP contribution < -0.4 is 10.1 Å². The average molecular weight is 451 g/mol. The lowest BCUT2D eigenvalue weighted by atomic mass is 10.0. The maximum absolute atomic E-state index is 12.2. The molecule has 2 fully saturated rings. The minimum absolute atomic E-state index is 0.0614. The molecule has 0 radical (unpaired) electrons. The van der Waals surface area contributed by atoms with Crippen LogP contribution in [0, 0.1) is 5.92 Å². The number of carbonyl (C=O) groups excluding carboxylic acids is 1. The number of hydrogen-bond donors (Lipinski definition) is 1. The molecule has 1 aromatic heterocycles. The Bertz CT molecular complexity index is 855. The zero-order valence-corrected chi connectivity index (χ0v) is 20.0. The maximum atomic E-state index is 12.2. The van der Waals surface area contributed by atoms with Gasteiger partial charge in [-0.2, -0.15) is 0 Å². The monoisotopic (exact) mass is 450 g/mol. The number of likely N-dealkylation sites (N-methyl/N-ethyl adjacent to an activating group) is 1. The van der Waals surface area contributed by atoms with E-state index < -0.39 is 0 Å². The molecule has 1 amide bonds. The number of rotatable bonds is 10. The van der Waals surface area contributed by atoms with E-state index in [0.717, 1.165) is 74.2 Å². The van der Waals surface area contributed by atoms with Gasteiger partial charge in [-0.05, 0) is 43.1 Å². The average Bonchev–Trinajstić information content (AvgIpc) is 3.35. The highest BCUT2D eigenvalue weighted by Gasteiger charge is 2.15. The van der Waals surface area contributed by atoms with Gasteiger partial charge in [0.15, 0.2) is 0 Å². The van der Waals surface area contributed by atoms with Crippen LogP contribution in [-0.4, -0.2) is 73.6 Å². The minimum Gasteiger partial charge on any atom is -0.492 e. The van der Waals surface area contributed by atoms with Gasteiger partial charge in [-0.3, -0.25) is 14.7 Å². The second kappa shape index (κ2) is 12.1. The second-order valence-corrected chi connectivity index (χ2v) is 9.52. The molecule has 2 aliphatic rings. The molecule has 33 heavy (non-hydrogen) atoms. The molecule has 1 saturated carbocycles. The van der Waals surface area contributed by atoms with Crippen LogP contribution in [0.5, 0.6) is 5.75 Å². The van der Waals surface area contributed by atoms with Crippen LogP contribution >= 0.6 is 0 Å². The van der Waals surface area contributed by atoms with E-state index in [1.54, 1.807) is 0 Å². The molecule has 0 bridgehead atoms. The number of ether oxygens (including phenoxy) is 1. The molecule has 1 aromatic carbocycles. The van der Waals surface area contributed by atoms with Gasteiger partial charge in [-0.15, -0.1) is 0 Å². The van der Waals surface area contributed by atoms with Crippen LogP contribution in [0.2, 0.25) is 0 Å². The fraction of sp³-hybridized carbons (Fsp3) is 0.556. The number of hydrogen-bond acceptors (Lipinski definition) is 5. The SMILES string of the molecule is CN1CCN(CCOc2ccc(-c3ccc(CC(=O)NCCC4CCCC4)nc3)cc2)CC1. The van der Waals surface area contributed by atoms with Crippen molar-refractivity contribution in [2.24, 2.45) is 5.92 Å². The molecule has 0 spiro atoms. The Kier molecular flexibility index (Phi) is 8.72. The van der Waals surface area contributed by atoms with Crippen molar-refractivity contribution in [3.8, 4) is 16.9 Å². The highest BCUT2D eigenvalue weighted by molar-refractivity contribution is 5.78. The highest BCUT2D eigenvalue weighted by Crippen LogP contribution is 2.27. The number of carbonyl (C=O) groups is 1. The third-order valence-corrected chi connectivity index (χ3v) is 6.98. The standard InChI is InChI=1S/C27H38N4O2/c1-30-14-16-31(17-15-30)18-19-33-26-10-7-23(8-11-26)24-6-9-25(29-21-24)20-27(32)28-13-12-22-4-2-3-5-22/h6-11,21-22H,2-5,12-20H2,1H3,(H,28,32). The fourth-order valence-electron chi connectivity index (χ4n) is 4.75. The van der Waals surface area contributed by atoms with Crippen molar-refractivity contribution in [2.75, 3.05) is 52.9 Å². The first kappa shape index (κ1) is 23.7. The minimum atomic E-state index is 0.0614.